The molecule has 0 amide bonds. The highest BCUT2D eigenvalue weighted by Gasteiger charge is 2.13. The highest BCUT2D eigenvalue weighted by Crippen LogP contribution is 2.22. The lowest BCUT2D eigenvalue weighted by Gasteiger charge is -2.02. The van der Waals surface area contributed by atoms with E-state index in [1.807, 2.05) is 0 Å². The number of aromatic nitrogens is 9. The first kappa shape index (κ1) is 12.4. The summed E-state index contributed by atoms with van der Waals surface area (Å²) in [4.78, 5) is 11.2. The summed E-state index contributed by atoms with van der Waals surface area (Å²) in [6.07, 6.45) is 0. The van der Waals surface area contributed by atoms with E-state index in [-0.39, 0.29) is 6.54 Å². The van der Waals surface area contributed by atoms with Crippen LogP contribution < -0.4 is 0 Å². The molecule has 0 fully saturated rings. The van der Waals surface area contributed by atoms with Gasteiger partial charge < -0.3 is 4.74 Å². The van der Waals surface area contributed by atoms with Crippen LogP contribution in [0.1, 0.15) is 0 Å². The quantitative estimate of drug-likeness (QED) is 0.543. The number of tetrazole rings is 2. The molecular formula is C8H7N9O2S. The zero-order valence-corrected chi connectivity index (χ0v) is 10.9. The molecule has 0 aliphatic heterocycles. The van der Waals surface area contributed by atoms with E-state index in [2.05, 4.69) is 40.9 Å². The first-order valence-electron chi connectivity index (χ1n) is 5.32. The lowest BCUT2D eigenvalue weighted by molar-refractivity contribution is -0.141. The monoisotopic (exact) mass is 293 g/mol. The molecule has 3 aromatic heterocycles. The van der Waals surface area contributed by atoms with Crippen molar-refractivity contribution < 1.29 is 9.53 Å². The van der Waals surface area contributed by atoms with E-state index in [0.29, 0.717) is 15.8 Å². The highest BCUT2D eigenvalue weighted by atomic mass is 32.2. The Morgan fingerprint density at radius 2 is 2.15 bits per heavy atom. The van der Waals surface area contributed by atoms with E-state index in [4.69, 9.17) is 0 Å². The summed E-state index contributed by atoms with van der Waals surface area (Å²) < 4.78 is 7.17. The van der Waals surface area contributed by atoms with Crippen molar-refractivity contribution in [1.29, 1.82) is 0 Å². The van der Waals surface area contributed by atoms with Gasteiger partial charge >= 0.3 is 5.97 Å². The Bertz CT molecular complexity index is 753. The topological polar surface area (TPSA) is 126 Å². The SMILES string of the molecule is COC(=O)Cn1nnnc1Sc1ccc2nnnn2n1. The molecule has 0 aliphatic carbocycles. The molecule has 0 atom stereocenters. The third-order valence-corrected chi connectivity index (χ3v) is 3.15. The fraction of sp³-hybridized carbons (Fsp3) is 0.250. The van der Waals surface area contributed by atoms with Crippen LogP contribution in [0.2, 0.25) is 0 Å². The van der Waals surface area contributed by atoms with Gasteiger partial charge in [-0.05, 0) is 44.7 Å². The van der Waals surface area contributed by atoms with Crippen molar-refractivity contribution in [3.05, 3.63) is 12.1 Å². The number of hydrogen-bond donors (Lipinski definition) is 0. The van der Waals surface area contributed by atoms with Gasteiger partial charge in [-0.3, -0.25) is 4.79 Å². The standard InChI is InChI=1S/C8H7N9O2S/c1-19-7(18)4-16-8(10-13-14-16)20-6-3-2-5-9-12-15-17(5)11-6/h2-3H,4H2,1H3. The summed E-state index contributed by atoms with van der Waals surface area (Å²) >= 11 is 1.18. The van der Waals surface area contributed by atoms with Gasteiger partial charge in [0.2, 0.25) is 5.16 Å². The third-order valence-electron chi connectivity index (χ3n) is 2.25. The fourth-order valence-corrected chi connectivity index (χ4v) is 2.06. The molecule has 0 bridgehead atoms. The van der Waals surface area contributed by atoms with Gasteiger partial charge in [-0.1, -0.05) is 0 Å². The van der Waals surface area contributed by atoms with Crippen molar-refractivity contribution in [3.63, 3.8) is 0 Å². The Labute approximate surface area is 115 Å². The number of nitrogens with zero attached hydrogens (tertiary/aromatic N) is 9. The number of ether oxygens (including phenoxy) is 1. The molecule has 0 aliphatic rings. The fourth-order valence-electron chi connectivity index (χ4n) is 1.34. The van der Waals surface area contributed by atoms with E-state index < -0.39 is 5.97 Å². The summed E-state index contributed by atoms with van der Waals surface area (Å²) in [6.45, 7) is -0.0705. The Kier molecular flexibility index (Phi) is 3.20. The second-order valence-electron chi connectivity index (χ2n) is 3.50. The Morgan fingerprint density at radius 3 is 3.00 bits per heavy atom. The van der Waals surface area contributed by atoms with E-state index >= 15 is 0 Å². The lowest BCUT2D eigenvalue weighted by Crippen LogP contribution is -2.13. The van der Waals surface area contributed by atoms with Crippen LogP contribution >= 0.6 is 11.8 Å². The number of fused-ring (bicyclic) bond motifs is 1. The van der Waals surface area contributed by atoms with Gasteiger partial charge in [0, 0.05) is 0 Å². The Morgan fingerprint density at radius 1 is 1.30 bits per heavy atom. The Hall–Kier alpha value is -2.63. The number of methoxy groups -OCH3 is 1. The van der Waals surface area contributed by atoms with Crippen LogP contribution in [0.15, 0.2) is 22.3 Å². The van der Waals surface area contributed by atoms with Crippen LogP contribution in [0, 0.1) is 0 Å². The molecule has 12 heteroatoms. The molecule has 0 saturated heterocycles. The predicted molar refractivity (Wildman–Crippen MR) is 62.5 cm³/mol. The van der Waals surface area contributed by atoms with Gasteiger partial charge in [0.1, 0.15) is 11.6 Å². The highest BCUT2D eigenvalue weighted by molar-refractivity contribution is 7.99. The molecule has 0 radical (unpaired) electrons. The molecule has 0 aromatic carbocycles. The molecule has 0 spiro atoms. The van der Waals surface area contributed by atoms with Crippen LogP contribution in [0.5, 0.6) is 0 Å². The van der Waals surface area contributed by atoms with Gasteiger partial charge in [-0.2, -0.15) is 0 Å². The smallest absolute Gasteiger partial charge is 0.327 e. The lowest BCUT2D eigenvalue weighted by atomic mass is 10.6. The predicted octanol–water partition coefficient (Wildman–Crippen LogP) is -1.17. The largest absolute Gasteiger partial charge is 0.468 e. The number of carbonyl (C=O) groups excluding carboxylic acids is 1. The number of esters is 1. The normalized spacial score (nSPS) is 10.8. The molecule has 3 aromatic rings. The van der Waals surface area contributed by atoms with Gasteiger partial charge in [-0.25, -0.2) is 4.68 Å². The maximum atomic E-state index is 11.2. The first-order chi connectivity index (χ1) is 9.76. The van der Waals surface area contributed by atoms with Crippen molar-refractivity contribution >= 4 is 23.4 Å². The maximum Gasteiger partial charge on any atom is 0.327 e. The number of rotatable bonds is 4. The van der Waals surface area contributed by atoms with Crippen molar-refractivity contribution in [2.24, 2.45) is 0 Å². The molecule has 3 rings (SSSR count). The molecule has 0 unspecified atom stereocenters. The first-order valence-corrected chi connectivity index (χ1v) is 6.14. The van der Waals surface area contributed by atoms with Crippen LogP contribution in [-0.2, 0) is 16.1 Å². The second kappa shape index (κ2) is 5.16. The average Bonchev–Trinajstić information content (AvgIpc) is 3.08. The summed E-state index contributed by atoms with van der Waals surface area (Å²) in [5.41, 5.74) is 0.531. The summed E-state index contributed by atoms with van der Waals surface area (Å²) in [7, 11) is 1.30. The van der Waals surface area contributed by atoms with Crippen molar-refractivity contribution in [2.75, 3.05) is 7.11 Å². The van der Waals surface area contributed by atoms with Crippen LogP contribution in [-0.4, -0.2) is 58.5 Å². The number of carbonyl (C=O) groups is 1. The third kappa shape index (κ3) is 2.40. The van der Waals surface area contributed by atoms with Crippen molar-refractivity contribution in [2.45, 2.75) is 16.7 Å². The minimum atomic E-state index is -0.442. The Balaban J connectivity index is 1.83. The van der Waals surface area contributed by atoms with E-state index in [0.717, 1.165) is 0 Å². The average molecular weight is 293 g/mol. The van der Waals surface area contributed by atoms with Crippen molar-refractivity contribution in [1.82, 2.24) is 45.5 Å². The summed E-state index contributed by atoms with van der Waals surface area (Å²) in [6, 6.07) is 3.44. The van der Waals surface area contributed by atoms with Crippen LogP contribution in [0.3, 0.4) is 0 Å². The molecule has 11 nitrogen and oxygen atoms in total. The van der Waals surface area contributed by atoms with E-state index in [9.17, 15) is 4.79 Å². The number of hydrogen-bond acceptors (Lipinski definition) is 10. The molecule has 102 valence electrons. The minimum absolute atomic E-state index is 0.0705. The molecule has 0 N–H and O–H groups in total. The van der Waals surface area contributed by atoms with Gasteiger partial charge in [0.25, 0.3) is 0 Å². The van der Waals surface area contributed by atoms with Crippen molar-refractivity contribution in [3.8, 4) is 0 Å². The molecule has 20 heavy (non-hydrogen) atoms. The summed E-state index contributed by atoms with van der Waals surface area (Å²) in [5, 5.41) is 27.2. The van der Waals surface area contributed by atoms with E-state index in [1.165, 1.54) is 28.2 Å². The maximum absolute atomic E-state index is 11.2. The van der Waals surface area contributed by atoms with Gasteiger partial charge in [0.15, 0.2) is 5.65 Å². The zero-order valence-electron chi connectivity index (χ0n) is 10.1. The summed E-state index contributed by atoms with van der Waals surface area (Å²) in [5.74, 6) is -0.442. The van der Waals surface area contributed by atoms with Gasteiger partial charge in [-0.15, -0.1) is 19.9 Å². The second-order valence-corrected chi connectivity index (χ2v) is 4.48. The molecular weight excluding hydrogens is 286 g/mol. The van der Waals surface area contributed by atoms with E-state index in [1.54, 1.807) is 12.1 Å². The zero-order chi connectivity index (χ0) is 13.9. The minimum Gasteiger partial charge on any atom is -0.468 e. The molecule has 0 saturated carbocycles. The van der Waals surface area contributed by atoms with Crippen LogP contribution in [0.25, 0.3) is 5.65 Å². The van der Waals surface area contributed by atoms with Crippen LogP contribution in [0.4, 0.5) is 0 Å². The van der Waals surface area contributed by atoms with Gasteiger partial charge in [0.05, 0.1) is 7.11 Å². The molecule has 3 heterocycles.